The fourth-order valence-electron chi connectivity index (χ4n) is 10.6. The van der Waals surface area contributed by atoms with Crippen molar-refractivity contribution < 1.29 is 87.6 Å². The van der Waals surface area contributed by atoms with E-state index in [1.807, 2.05) is 0 Å². The molecule has 2 fully saturated rings. The van der Waals surface area contributed by atoms with Gasteiger partial charge >= 0.3 is 54.2 Å². The maximum absolute atomic E-state index is 13.4. The van der Waals surface area contributed by atoms with Gasteiger partial charge in [-0.05, 0) is 89.5 Å². The zero-order chi connectivity index (χ0) is 79.3. The molecule has 2 aliphatic rings. The van der Waals surface area contributed by atoms with Crippen molar-refractivity contribution in [3.8, 4) is 52.5 Å². The number of rotatable bonds is 21. The molecule has 3 unspecified atom stereocenters. The molecule has 0 radical (unpaired) electrons. The molecule has 0 aliphatic carbocycles. The Balaban J connectivity index is 0.000000158. The summed E-state index contributed by atoms with van der Waals surface area (Å²) in [6.45, 7) is 0.573. The summed E-state index contributed by atoms with van der Waals surface area (Å²) in [6.07, 6.45) is -15.7. The molecule has 580 valence electrons. The first-order chi connectivity index (χ1) is 52.1. The summed E-state index contributed by atoms with van der Waals surface area (Å²) in [5, 5.41) is 21.6. The van der Waals surface area contributed by atoms with Gasteiger partial charge in [0.2, 0.25) is 0 Å². The molecule has 14 rings (SSSR count). The van der Waals surface area contributed by atoms with Gasteiger partial charge in [-0.15, -0.1) is 39.5 Å². The summed E-state index contributed by atoms with van der Waals surface area (Å²) in [4.78, 5) is 92.1. The SMILES string of the molecule is BrCC1CO1.Cn1c(=O)[nH]c(=O)c2c1nc(Oc1cccc(OC(F)(F)F)c1)n2Cc1ccc(Cl)cc1.Cn1c(=O)n(CC(O)CO)c(=O)c2c1nc(Oc1cccc(OC(F)(F)F)c1)n2Cc1ccc(Cl)cc1.Cn1c(=O)n(CC2CO2)c(=O)c2c1nc(Oc1cccc(OC(F)(F)F)c1)n2Cc1ccc(Cl)cc1. The van der Waals surface area contributed by atoms with E-state index >= 15 is 0 Å². The Labute approximate surface area is 634 Å². The Morgan fingerprint density at radius 3 is 1.15 bits per heavy atom. The van der Waals surface area contributed by atoms with Gasteiger partial charge in [0.1, 0.15) is 34.5 Å². The summed E-state index contributed by atoms with van der Waals surface area (Å²) >= 11 is 21.1. The first kappa shape index (κ1) is 80.2. The lowest BCUT2D eigenvalue weighted by Crippen LogP contribution is -2.42. The second-order valence-corrected chi connectivity index (χ2v) is 25.9. The molecule has 6 aromatic carbocycles. The number of nitrogens with one attached hydrogen (secondary N) is 1. The number of benzene rings is 6. The number of aryl methyl sites for hydroxylation is 3. The van der Waals surface area contributed by atoms with Crippen LogP contribution in [-0.4, -0.2) is 129 Å². The lowest BCUT2D eigenvalue weighted by Gasteiger charge is -2.13. The van der Waals surface area contributed by atoms with Gasteiger partial charge in [-0.2, -0.15) is 15.0 Å². The number of halogens is 13. The van der Waals surface area contributed by atoms with Crippen molar-refractivity contribution in [2.24, 2.45) is 21.1 Å². The Morgan fingerprint density at radius 2 is 0.818 bits per heavy atom. The zero-order valence-corrected chi connectivity index (χ0v) is 60.7. The number of hydrogen-bond donors (Lipinski definition) is 3. The van der Waals surface area contributed by atoms with E-state index in [2.05, 4.69) is 50.1 Å². The number of nitrogens with zero attached hydrogens (tertiary/aromatic N) is 11. The molecule has 8 heterocycles. The Bertz CT molecular complexity index is 5720. The summed E-state index contributed by atoms with van der Waals surface area (Å²) in [7, 11) is 4.24. The number of aromatic amines is 1. The molecular weight excluding hydrogens is 1610 g/mol. The van der Waals surface area contributed by atoms with E-state index in [0.29, 0.717) is 33.3 Å². The molecular formula is C69H57BrCl3F9N12O16. The van der Waals surface area contributed by atoms with Gasteiger partial charge in [0.25, 0.3) is 16.7 Å². The minimum atomic E-state index is -4.91. The lowest BCUT2D eigenvalue weighted by atomic mass is 10.2. The van der Waals surface area contributed by atoms with E-state index in [1.165, 1.54) is 75.8 Å². The lowest BCUT2D eigenvalue weighted by molar-refractivity contribution is -0.275. The van der Waals surface area contributed by atoms with Crippen molar-refractivity contribution in [3.63, 3.8) is 0 Å². The van der Waals surface area contributed by atoms with Gasteiger partial charge in [-0.25, -0.2) is 14.4 Å². The molecule has 2 saturated heterocycles. The van der Waals surface area contributed by atoms with Gasteiger partial charge in [0.05, 0.1) is 70.9 Å². The number of imidazole rings is 3. The van der Waals surface area contributed by atoms with Crippen molar-refractivity contribution in [1.29, 1.82) is 0 Å². The van der Waals surface area contributed by atoms with Gasteiger partial charge < -0.3 is 48.1 Å². The number of aliphatic hydroxyl groups is 2. The van der Waals surface area contributed by atoms with E-state index < -0.39 is 89.3 Å². The fraction of sp³-hybridized carbons (Fsp3) is 0.261. The van der Waals surface area contributed by atoms with Crippen LogP contribution in [0.4, 0.5) is 39.5 Å². The maximum atomic E-state index is 13.4. The maximum Gasteiger partial charge on any atom is 0.573 e. The van der Waals surface area contributed by atoms with Crippen LogP contribution in [0.15, 0.2) is 174 Å². The third kappa shape index (κ3) is 20.3. The van der Waals surface area contributed by atoms with E-state index in [4.69, 9.17) is 58.5 Å². The van der Waals surface area contributed by atoms with E-state index in [1.54, 1.807) is 72.8 Å². The Hall–Kier alpha value is -10.9. The molecule has 3 N–H and O–H groups in total. The third-order valence-corrected chi connectivity index (χ3v) is 17.3. The van der Waals surface area contributed by atoms with Crippen LogP contribution in [0.5, 0.6) is 52.5 Å². The molecule has 0 spiro atoms. The molecule has 3 atom stereocenters. The average molecular weight is 1670 g/mol. The minimum Gasteiger partial charge on any atom is -0.425 e. The number of fused-ring (bicyclic) bond motifs is 3. The van der Waals surface area contributed by atoms with Gasteiger partial charge in [-0.3, -0.25) is 55.9 Å². The number of epoxide rings is 2. The summed E-state index contributed by atoms with van der Waals surface area (Å²) in [6, 6.07) is 34.3. The van der Waals surface area contributed by atoms with Crippen LogP contribution in [0.3, 0.4) is 0 Å². The third-order valence-electron chi connectivity index (χ3n) is 15.8. The molecule has 12 aromatic rings. The largest absolute Gasteiger partial charge is 0.573 e. The van der Waals surface area contributed by atoms with Gasteiger partial charge in [0.15, 0.2) is 33.5 Å². The predicted octanol–water partition coefficient (Wildman–Crippen LogP) is 10.9. The highest BCUT2D eigenvalue weighted by atomic mass is 79.9. The van der Waals surface area contributed by atoms with E-state index in [9.17, 15) is 78.5 Å². The van der Waals surface area contributed by atoms with Crippen LogP contribution >= 0.6 is 50.7 Å². The second kappa shape index (κ2) is 33.5. The quantitative estimate of drug-likeness (QED) is 0.0342. The minimum absolute atomic E-state index is 0.0116. The summed E-state index contributed by atoms with van der Waals surface area (Å²) in [5.74, 6) is -1.60. The molecule has 6 aromatic heterocycles. The predicted molar refractivity (Wildman–Crippen MR) is 382 cm³/mol. The smallest absolute Gasteiger partial charge is 0.425 e. The van der Waals surface area contributed by atoms with Crippen LogP contribution in [0, 0.1) is 0 Å². The van der Waals surface area contributed by atoms with Crippen molar-refractivity contribution in [3.05, 3.63) is 240 Å². The molecule has 0 amide bonds. The van der Waals surface area contributed by atoms with Crippen LogP contribution in [0.25, 0.3) is 33.5 Å². The van der Waals surface area contributed by atoms with Crippen molar-refractivity contribution in [2.75, 3.05) is 25.2 Å². The van der Waals surface area contributed by atoms with Crippen LogP contribution < -0.4 is 62.2 Å². The van der Waals surface area contributed by atoms with Gasteiger partial charge in [-0.1, -0.05) is 105 Å². The molecule has 28 nitrogen and oxygen atoms in total. The second-order valence-electron chi connectivity index (χ2n) is 23.9. The van der Waals surface area contributed by atoms with E-state index in [-0.39, 0.29) is 101 Å². The van der Waals surface area contributed by atoms with E-state index in [0.717, 1.165) is 77.7 Å². The number of aromatic nitrogens is 12. The summed E-state index contributed by atoms with van der Waals surface area (Å²) in [5.41, 5.74) is -1.87. The Kier molecular flexibility index (Phi) is 24.4. The zero-order valence-electron chi connectivity index (χ0n) is 56.9. The highest BCUT2D eigenvalue weighted by Crippen LogP contribution is 2.35. The monoisotopic (exact) mass is 1660 g/mol. The average Bonchev–Trinajstić information content (AvgIpc) is 1.79. The fourth-order valence-corrected chi connectivity index (χ4v) is 11.3. The topological polar surface area (TPSA) is 317 Å². The first-order valence-corrected chi connectivity index (χ1v) is 34.4. The number of aliphatic hydroxyl groups excluding tert-OH is 2. The molecule has 41 heteroatoms. The van der Waals surface area contributed by atoms with Crippen LogP contribution in [-0.2, 0) is 63.3 Å². The Morgan fingerprint density at radius 1 is 0.491 bits per heavy atom. The van der Waals surface area contributed by atoms with Crippen LogP contribution in [0.1, 0.15) is 16.7 Å². The van der Waals surface area contributed by atoms with Crippen molar-refractivity contribution in [2.45, 2.75) is 70.1 Å². The van der Waals surface area contributed by atoms with Crippen molar-refractivity contribution in [1.82, 2.24) is 56.5 Å². The number of alkyl halides is 10. The summed E-state index contributed by atoms with van der Waals surface area (Å²) < 4.78 is 162. The standard InChI is InChI=1S/C23H20ClF3N4O6.C23H18ClF3N4O5.C20H14ClF3N4O4.C3H5BrO/c1-29-19-18(20(34)31(22(29)35)11-15(33)12-32)30(10-13-5-7-14(24)8-6-13)21(28-19)36-16-3-2-4-17(9-16)37-23(25,26)27;1-29-19-18(20(32)31(22(29)33)11-17-12-34-17)30(10-13-5-7-14(24)8-6-13)21(28-19)35-15-3-2-4-16(9-15)36-23(25,26)27;1-27-16-15(17(29)26-18(27)30)28(10-11-5-7-12(21)8-6-11)19(25-16)31-13-3-2-4-14(9-13)32-20(22,23)24;4-1-3-2-5-3/h2-9,15,32-33H,10-12H2,1H3;2-9,17H,10-12H2,1H3;2-9H,10H2,1H3,(H,26,29,30);3H,1-2H2. The van der Waals surface area contributed by atoms with Gasteiger partial charge in [0, 0.05) is 59.7 Å². The molecule has 0 bridgehead atoms. The highest BCUT2D eigenvalue weighted by molar-refractivity contribution is 9.09. The highest BCUT2D eigenvalue weighted by Gasteiger charge is 2.35. The van der Waals surface area contributed by atoms with Crippen LogP contribution in [0.2, 0.25) is 15.1 Å². The normalized spacial score (nSPS) is 14.2. The number of hydrogen-bond acceptors (Lipinski definition) is 19. The molecule has 110 heavy (non-hydrogen) atoms. The van der Waals surface area contributed by atoms with Crippen molar-refractivity contribution >= 4 is 84.2 Å². The molecule has 2 aliphatic heterocycles. The number of H-pyrrole nitrogens is 1. The molecule has 0 saturated carbocycles. The number of ether oxygens (including phenoxy) is 8. The first-order valence-electron chi connectivity index (χ1n) is 32.1.